The van der Waals surface area contributed by atoms with Gasteiger partial charge in [0.1, 0.15) is 11.5 Å². The summed E-state index contributed by atoms with van der Waals surface area (Å²) in [4.78, 5) is 0. The third-order valence-electron chi connectivity index (χ3n) is 2.51. The largest absolute Gasteiger partial charge is 0.461 e. The van der Waals surface area contributed by atoms with Crippen molar-refractivity contribution in [3.63, 3.8) is 0 Å². The fourth-order valence-corrected chi connectivity index (χ4v) is 1.65. The van der Waals surface area contributed by atoms with Gasteiger partial charge in [0.05, 0.1) is 0 Å². The molecule has 2 rings (SSSR count). The molecule has 2 aromatic rings. The van der Waals surface area contributed by atoms with Crippen LogP contribution in [0.3, 0.4) is 0 Å². The zero-order valence-electron chi connectivity index (χ0n) is 9.08. The lowest BCUT2D eigenvalue weighted by Crippen LogP contribution is -1.81. The molecule has 0 saturated carbocycles. The van der Waals surface area contributed by atoms with Crippen molar-refractivity contribution < 1.29 is 4.42 Å². The van der Waals surface area contributed by atoms with E-state index in [1.165, 1.54) is 11.1 Å². The molecule has 1 aromatic carbocycles. The van der Waals surface area contributed by atoms with Crippen LogP contribution in [-0.2, 0) is 0 Å². The van der Waals surface area contributed by atoms with Gasteiger partial charge in [0.2, 0.25) is 0 Å². The van der Waals surface area contributed by atoms with Crippen molar-refractivity contribution in [3.05, 3.63) is 53.8 Å². The van der Waals surface area contributed by atoms with E-state index < -0.39 is 0 Å². The van der Waals surface area contributed by atoms with Crippen LogP contribution in [0.4, 0.5) is 0 Å². The SMILES string of the molecule is C=Cc1ccc(-c2ccc(C)o2)cc1C. The van der Waals surface area contributed by atoms with Crippen molar-refractivity contribution in [3.8, 4) is 11.3 Å². The summed E-state index contributed by atoms with van der Waals surface area (Å²) in [5.74, 6) is 1.86. The van der Waals surface area contributed by atoms with E-state index in [1.54, 1.807) is 0 Å². The molecule has 1 nitrogen and oxygen atoms in total. The van der Waals surface area contributed by atoms with Crippen molar-refractivity contribution in [2.75, 3.05) is 0 Å². The highest BCUT2D eigenvalue weighted by Crippen LogP contribution is 2.24. The molecule has 0 aliphatic rings. The van der Waals surface area contributed by atoms with E-state index in [0.717, 1.165) is 17.1 Å². The summed E-state index contributed by atoms with van der Waals surface area (Å²) in [5.41, 5.74) is 3.50. The number of benzene rings is 1. The predicted octanol–water partition coefficient (Wildman–Crippen LogP) is 4.21. The molecule has 0 N–H and O–H groups in total. The molecule has 76 valence electrons. The minimum absolute atomic E-state index is 0.922. The highest BCUT2D eigenvalue weighted by molar-refractivity contribution is 5.63. The van der Waals surface area contributed by atoms with E-state index in [2.05, 4.69) is 31.7 Å². The lowest BCUT2D eigenvalue weighted by molar-refractivity contribution is 0.548. The van der Waals surface area contributed by atoms with Crippen LogP contribution < -0.4 is 0 Å². The highest BCUT2D eigenvalue weighted by Gasteiger charge is 2.03. The average molecular weight is 198 g/mol. The molecule has 1 aromatic heterocycles. The lowest BCUT2D eigenvalue weighted by Gasteiger charge is -2.02. The van der Waals surface area contributed by atoms with Crippen LogP contribution in [0.5, 0.6) is 0 Å². The maximum atomic E-state index is 5.57. The summed E-state index contributed by atoms with van der Waals surface area (Å²) in [6.07, 6.45) is 1.87. The van der Waals surface area contributed by atoms with Gasteiger partial charge >= 0.3 is 0 Å². The van der Waals surface area contributed by atoms with Gasteiger partial charge in [-0.15, -0.1) is 0 Å². The summed E-state index contributed by atoms with van der Waals surface area (Å²) < 4.78 is 5.57. The van der Waals surface area contributed by atoms with Crippen molar-refractivity contribution in [1.82, 2.24) is 0 Å². The van der Waals surface area contributed by atoms with Gasteiger partial charge in [-0.2, -0.15) is 0 Å². The third kappa shape index (κ3) is 1.86. The minimum atomic E-state index is 0.922. The van der Waals surface area contributed by atoms with Crippen LogP contribution >= 0.6 is 0 Å². The molecular weight excluding hydrogens is 184 g/mol. The average Bonchev–Trinajstić information content (AvgIpc) is 2.65. The summed E-state index contributed by atoms with van der Waals surface area (Å²) in [6.45, 7) is 7.81. The zero-order valence-corrected chi connectivity index (χ0v) is 9.08. The number of aryl methyl sites for hydroxylation is 2. The smallest absolute Gasteiger partial charge is 0.134 e. The number of hydrogen-bond acceptors (Lipinski definition) is 1. The van der Waals surface area contributed by atoms with Crippen LogP contribution in [0.1, 0.15) is 16.9 Å². The normalized spacial score (nSPS) is 10.3. The van der Waals surface area contributed by atoms with Gasteiger partial charge < -0.3 is 4.42 Å². The highest BCUT2D eigenvalue weighted by atomic mass is 16.3. The molecule has 1 heterocycles. The minimum Gasteiger partial charge on any atom is -0.461 e. The monoisotopic (exact) mass is 198 g/mol. The molecule has 0 radical (unpaired) electrons. The Bertz CT molecular complexity index is 492. The second kappa shape index (κ2) is 3.77. The molecule has 0 amide bonds. The topological polar surface area (TPSA) is 13.1 Å². The third-order valence-corrected chi connectivity index (χ3v) is 2.51. The standard InChI is InChI=1S/C14H14O/c1-4-12-6-7-13(9-10(12)2)14-8-5-11(3)15-14/h4-9H,1H2,2-3H3. The van der Waals surface area contributed by atoms with Gasteiger partial charge in [0, 0.05) is 5.56 Å². The molecule has 0 unspecified atom stereocenters. The van der Waals surface area contributed by atoms with Gasteiger partial charge in [0.25, 0.3) is 0 Å². The van der Waals surface area contributed by atoms with Gasteiger partial charge in [-0.25, -0.2) is 0 Å². The molecule has 15 heavy (non-hydrogen) atoms. The first-order valence-corrected chi connectivity index (χ1v) is 5.00. The first kappa shape index (κ1) is 9.78. The second-order valence-corrected chi connectivity index (χ2v) is 3.69. The lowest BCUT2D eigenvalue weighted by atomic mass is 10.0. The van der Waals surface area contributed by atoms with E-state index in [0.29, 0.717) is 0 Å². The Morgan fingerprint density at radius 1 is 1.13 bits per heavy atom. The predicted molar refractivity (Wildman–Crippen MR) is 63.7 cm³/mol. The molecule has 0 aliphatic carbocycles. The Morgan fingerprint density at radius 3 is 2.47 bits per heavy atom. The Hall–Kier alpha value is -1.76. The van der Waals surface area contributed by atoms with E-state index in [-0.39, 0.29) is 0 Å². The van der Waals surface area contributed by atoms with Crippen molar-refractivity contribution in [2.45, 2.75) is 13.8 Å². The summed E-state index contributed by atoms with van der Waals surface area (Å²) in [6, 6.07) is 10.2. The summed E-state index contributed by atoms with van der Waals surface area (Å²) in [5, 5.41) is 0. The zero-order chi connectivity index (χ0) is 10.8. The molecule has 0 aliphatic heterocycles. The Kier molecular flexibility index (Phi) is 2.46. The fourth-order valence-electron chi connectivity index (χ4n) is 1.65. The molecule has 0 bridgehead atoms. The maximum Gasteiger partial charge on any atom is 0.134 e. The Labute approximate surface area is 90.1 Å². The van der Waals surface area contributed by atoms with E-state index in [1.807, 2.05) is 25.1 Å². The molecule has 0 spiro atoms. The maximum absolute atomic E-state index is 5.57. The molecule has 0 atom stereocenters. The quantitative estimate of drug-likeness (QED) is 0.704. The molecular formula is C14H14O. The Balaban J connectivity index is 2.46. The van der Waals surface area contributed by atoms with Gasteiger partial charge in [-0.05, 0) is 43.2 Å². The molecule has 1 heteroatoms. The molecule has 0 fully saturated rings. The first-order valence-electron chi connectivity index (χ1n) is 5.00. The van der Waals surface area contributed by atoms with Crippen LogP contribution in [0.25, 0.3) is 17.4 Å². The van der Waals surface area contributed by atoms with Crippen LogP contribution in [0, 0.1) is 13.8 Å². The van der Waals surface area contributed by atoms with Crippen molar-refractivity contribution >= 4 is 6.08 Å². The van der Waals surface area contributed by atoms with E-state index in [9.17, 15) is 0 Å². The number of hydrogen-bond donors (Lipinski definition) is 0. The fraction of sp³-hybridized carbons (Fsp3) is 0.143. The van der Waals surface area contributed by atoms with E-state index in [4.69, 9.17) is 4.42 Å². The van der Waals surface area contributed by atoms with E-state index >= 15 is 0 Å². The van der Waals surface area contributed by atoms with Gasteiger partial charge in [0.15, 0.2) is 0 Å². The van der Waals surface area contributed by atoms with Gasteiger partial charge in [-0.3, -0.25) is 0 Å². The first-order chi connectivity index (χ1) is 7.20. The number of rotatable bonds is 2. The second-order valence-electron chi connectivity index (χ2n) is 3.69. The van der Waals surface area contributed by atoms with Crippen molar-refractivity contribution in [1.29, 1.82) is 0 Å². The summed E-state index contributed by atoms with van der Waals surface area (Å²) >= 11 is 0. The molecule has 0 saturated heterocycles. The van der Waals surface area contributed by atoms with Gasteiger partial charge in [-0.1, -0.05) is 24.8 Å². The Morgan fingerprint density at radius 2 is 1.93 bits per heavy atom. The van der Waals surface area contributed by atoms with Crippen LogP contribution in [0.2, 0.25) is 0 Å². The number of furan rings is 1. The van der Waals surface area contributed by atoms with Crippen LogP contribution in [0.15, 0.2) is 41.3 Å². The summed E-state index contributed by atoms with van der Waals surface area (Å²) in [7, 11) is 0. The van der Waals surface area contributed by atoms with Crippen LogP contribution in [-0.4, -0.2) is 0 Å². The van der Waals surface area contributed by atoms with Crippen molar-refractivity contribution in [2.24, 2.45) is 0 Å².